The van der Waals surface area contributed by atoms with Crippen LogP contribution in [-0.2, 0) is 11.1 Å². The Hall–Kier alpha value is -0.390. The summed E-state index contributed by atoms with van der Waals surface area (Å²) in [6, 6.07) is 0. The van der Waals surface area contributed by atoms with Gasteiger partial charge in [-0.3, -0.25) is 0 Å². The summed E-state index contributed by atoms with van der Waals surface area (Å²) in [5.41, 5.74) is 0.339. The van der Waals surface area contributed by atoms with Gasteiger partial charge in [-0.1, -0.05) is 5.16 Å². The van der Waals surface area contributed by atoms with E-state index < -0.39 is 11.1 Å². The van der Waals surface area contributed by atoms with Gasteiger partial charge >= 0.3 is 0 Å². The zero-order valence-corrected chi connectivity index (χ0v) is 6.57. The second-order valence-electron chi connectivity index (χ2n) is 1.62. The van der Waals surface area contributed by atoms with E-state index in [9.17, 15) is 4.21 Å². The van der Waals surface area contributed by atoms with Crippen molar-refractivity contribution in [1.29, 1.82) is 0 Å². The van der Waals surface area contributed by atoms with Gasteiger partial charge in [0.05, 0.1) is 0 Å². The number of rotatable bonds is 1. The monoisotopic (exact) mass is 181 g/mol. The smallest absolute Gasteiger partial charge is 0.244 e. The molecule has 1 N–H and O–H groups in total. The standard InChI is InChI=1S/C4H4ClNO3S/c1-2-3(10(7)8)4(5)9-6-2/h1H3,(H,7,8). The van der Waals surface area contributed by atoms with Gasteiger partial charge in [-0.05, 0) is 18.5 Å². The predicted octanol–water partition coefficient (Wildman–Crippen LogP) is 1.22. The third-order valence-corrected chi connectivity index (χ3v) is 2.14. The van der Waals surface area contributed by atoms with Crippen molar-refractivity contribution in [1.82, 2.24) is 5.16 Å². The van der Waals surface area contributed by atoms with Crippen molar-refractivity contribution in [3.63, 3.8) is 0 Å². The first-order chi connectivity index (χ1) is 4.63. The van der Waals surface area contributed by atoms with Gasteiger partial charge in [0.15, 0.2) is 11.1 Å². The Labute approximate surface area is 64.4 Å². The zero-order chi connectivity index (χ0) is 7.72. The summed E-state index contributed by atoms with van der Waals surface area (Å²) in [6.45, 7) is 1.54. The van der Waals surface area contributed by atoms with Gasteiger partial charge in [0.25, 0.3) is 0 Å². The molecule has 1 rings (SSSR count). The summed E-state index contributed by atoms with van der Waals surface area (Å²) in [7, 11) is 0. The molecule has 4 nitrogen and oxygen atoms in total. The van der Waals surface area contributed by atoms with Crippen molar-refractivity contribution in [3.05, 3.63) is 10.9 Å². The number of aryl methyl sites for hydroxylation is 1. The Morgan fingerprint density at radius 1 is 1.80 bits per heavy atom. The van der Waals surface area contributed by atoms with Gasteiger partial charge in [0.1, 0.15) is 10.6 Å². The molecule has 0 radical (unpaired) electrons. The molecule has 1 aromatic rings. The molecule has 0 aliphatic rings. The highest BCUT2D eigenvalue weighted by Gasteiger charge is 2.15. The van der Waals surface area contributed by atoms with Crippen LogP contribution in [0.1, 0.15) is 5.69 Å². The van der Waals surface area contributed by atoms with E-state index in [-0.39, 0.29) is 10.1 Å². The number of halogens is 1. The average Bonchev–Trinajstić information content (AvgIpc) is 2.11. The fourth-order valence-corrected chi connectivity index (χ4v) is 1.36. The van der Waals surface area contributed by atoms with E-state index in [4.69, 9.17) is 16.2 Å². The number of hydrogen-bond acceptors (Lipinski definition) is 3. The number of hydrogen-bond donors (Lipinski definition) is 1. The van der Waals surface area contributed by atoms with Crippen molar-refractivity contribution in [2.75, 3.05) is 0 Å². The van der Waals surface area contributed by atoms with E-state index in [1.54, 1.807) is 6.92 Å². The molecule has 0 fully saturated rings. The van der Waals surface area contributed by atoms with Crippen LogP contribution in [0.4, 0.5) is 0 Å². The maximum Gasteiger partial charge on any atom is 0.244 e. The molecule has 1 atom stereocenters. The van der Waals surface area contributed by atoms with Crippen LogP contribution in [0.15, 0.2) is 9.42 Å². The molecule has 1 unspecified atom stereocenters. The molecule has 0 aromatic carbocycles. The highest BCUT2D eigenvalue weighted by molar-refractivity contribution is 7.79. The summed E-state index contributed by atoms with van der Waals surface area (Å²) < 4.78 is 23.4. The lowest BCUT2D eigenvalue weighted by molar-refractivity contribution is 0.415. The second-order valence-corrected chi connectivity index (χ2v) is 2.87. The van der Waals surface area contributed by atoms with E-state index in [0.717, 1.165) is 0 Å². The minimum Gasteiger partial charge on any atom is -0.343 e. The third-order valence-electron chi connectivity index (χ3n) is 0.944. The molecule has 6 heteroatoms. The Bertz CT molecular complexity index is 252. The molecular formula is C4H4ClNO3S. The van der Waals surface area contributed by atoms with Crippen LogP contribution in [0.5, 0.6) is 0 Å². The Balaban J connectivity index is 3.23. The van der Waals surface area contributed by atoms with Crippen LogP contribution < -0.4 is 0 Å². The first-order valence-electron chi connectivity index (χ1n) is 2.35. The maximum atomic E-state index is 10.4. The topological polar surface area (TPSA) is 63.3 Å². The van der Waals surface area contributed by atoms with Crippen LogP contribution in [0.2, 0.25) is 5.22 Å². The Morgan fingerprint density at radius 3 is 2.60 bits per heavy atom. The van der Waals surface area contributed by atoms with Crippen LogP contribution >= 0.6 is 11.6 Å². The van der Waals surface area contributed by atoms with Gasteiger partial charge in [-0.2, -0.15) is 0 Å². The molecule has 0 spiro atoms. The zero-order valence-electron chi connectivity index (χ0n) is 5.00. The molecule has 0 bridgehead atoms. The van der Waals surface area contributed by atoms with Crippen molar-refractivity contribution >= 4 is 22.7 Å². The highest BCUT2D eigenvalue weighted by atomic mass is 35.5. The Kier molecular flexibility index (Phi) is 2.08. The summed E-state index contributed by atoms with van der Waals surface area (Å²) in [4.78, 5) is 0.0432. The fraction of sp³-hybridized carbons (Fsp3) is 0.250. The number of aromatic nitrogens is 1. The molecule has 1 aromatic heterocycles. The SMILES string of the molecule is Cc1noc(Cl)c1S(=O)O. The van der Waals surface area contributed by atoms with Gasteiger partial charge < -0.3 is 9.08 Å². The van der Waals surface area contributed by atoms with E-state index in [0.29, 0.717) is 5.69 Å². The van der Waals surface area contributed by atoms with Crippen LogP contribution in [0, 0.1) is 6.92 Å². The highest BCUT2D eigenvalue weighted by Crippen LogP contribution is 2.21. The van der Waals surface area contributed by atoms with Crippen LogP contribution in [0.25, 0.3) is 0 Å². The summed E-state index contributed by atoms with van der Waals surface area (Å²) in [5.74, 6) is 0. The molecule has 0 saturated heterocycles. The molecule has 10 heavy (non-hydrogen) atoms. The molecule has 0 saturated carbocycles. The van der Waals surface area contributed by atoms with Crippen LogP contribution in [0.3, 0.4) is 0 Å². The predicted molar refractivity (Wildman–Crippen MR) is 35.3 cm³/mol. The first-order valence-corrected chi connectivity index (χ1v) is 3.84. The minimum atomic E-state index is -2.11. The van der Waals surface area contributed by atoms with E-state index in [2.05, 4.69) is 9.68 Å². The van der Waals surface area contributed by atoms with Crippen LogP contribution in [-0.4, -0.2) is 13.9 Å². The van der Waals surface area contributed by atoms with E-state index in [1.165, 1.54) is 0 Å². The minimum absolute atomic E-state index is 0.0432. The second kappa shape index (κ2) is 2.69. The van der Waals surface area contributed by atoms with Crippen molar-refractivity contribution in [2.45, 2.75) is 11.8 Å². The maximum absolute atomic E-state index is 10.4. The first kappa shape index (κ1) is 7.71. The van der Waals surface area contributed by atoms with Crippen molar-refractivity contribution in [2.24, 2.45) is 0 Å². The lowest BCUT2D eigenvalue weighted by atomic mass is 10.5. The molecule has 1 heterocycles. The summed E-state index contributed by atoms with van der Waals surface area (Å²) in [5, 5.41) is 3.25. The largest absolute Gasteiger partial charge is 0.343 e. The van der Waals surface area contributed by atoms with Crippen molar-refractivity contribution in [3.8, 4) is 0 Å². The average molecular weight is 182 g/mol. The van der Waals surface area contributed by atoms with Gasteiger partial charge in [0, 0.05) is 0 Å². The van der Waals surface area contributed by atoms with Gasteiger partial charge in [-0.25, -0.2) is 4.21 Å². The molecule has 0 aliphatic heterocycles. The van der Waals surface area contributed by atoms with Gasteiger partial charge in [-0.15, -0.1) is 0 Å². The summed E-state index contributed by atoms with van der Waals surface area (Å²) in [6.07, 6.45) is 0. The molecular weight excluding hydrogens is 178 g/mol. The van der Waals surface area contributed by atoms with Crippen molar-refractivity contribution < 1.29 is 13.3 Å². The Morgan fingerprint density at radius 2 is 2.40 bits per heavy atom. The molecule has 56 valence electrons. The fourth-order valence-electron chi connectivity index (χ4n) is 0.529. The lowest BCUT2D eigenvalue weighted by Crippen LogP contribution is -1.88. The number of nitrogens with zero attached hydrogens (tertiary/aromatic N) is 1. The normalized spacial score (nSPS) is 13.5. The van der Waals surface area contributed by atoms with E-state index in [1.807, 2.05) is 0 Å². The molecule has 0 aliphatic carbocycles. The quantitative estimate of drug-likeness (QED) is 0.662. The van der Waals surface area contributed by atoms with E-state index >= 15 is 0 Å². The summed E-state index contributed by atoms with van der Waals surface area (Å²) >= 11 is 3.25. The third kappa shape index (κ3) is 1.21. The van der Waals surface area contributed by atoms with Gasteiger partial charge in [0.2, 0.25) is 5.22 Å². The lowest BCUT2D eigenvalue weighted by Gasteiger charge is -1.86. The molecule has 0 amide bonds.